The predicted molar refractivity (Wildman–Crippen MR) is 70.4 cm³/mol. The van der Waals surface area contributed by atoms with Crippen LogP contribution in [0.1, 0.15) is 24.2 Å². The SMILES string of the molecule is CC(NCc1ccc([N+](=O)[O-])cc1)c1cnccn1. The lowest BCUT2D eigenvalue weighted by Crippen LogP contribution is -2.19. The van der Waals surface area contributed by atoms with E-state index < -0.39 is 4.92 Å². The van der Waals surface area contributed by atoms with Crippen LogP contribution in [-0.2, 0) is 6.54 Å². The number of rotatable bonds is 5. The summed E-state index contributed by atoms with van der Waals surface area (Å²) in [5.41, 5.74) is 1.96. The molecule has 0 aliphatic rings. The number of nitro benzene ring substituents is 1. The molecule has 19 heavy (non-hydrogen) atoms. The first-order valence-corrected chi connectivity index (χ1v) is 5.89. The Morgan fingerprint density at radius 1 is 1.32 bits per heavy atom. The monoisotopic (exact) mass is 258 g/mol. The fourth-order valence-electron chi connectivity index (χ4n) is 1.65. The molecule has 1 atom stereocenters. The minimum absolute atomic E-state index is 0.0730. The Labute approximate surface area is 110 Å². The van der Waals surface area contributed by atoms with Crippen molar-refractivity contribution in [2.24, 2.45) is 0 Å². The van der Waals surface area contributed by atoms with Crippen LogP contribution in [0.15, 0.2) is 42.9 Å². The number of hydrogen-bond acceptors (Lipinski definition) is 5. The van der Waals surface area contributed by atoms with Gasteiger partial charge in [0.05, 0.1) is 10.6 Å². The van der Waals surface area contributed by atoms with E-state index in [0.29, 0.717) is 6.54 Å². The standard InChI is InChI=1S/C13H14N4O2/c1-10(13-9-14-6-7-15-13)16-8-11-2-4-12(5-3-11)17(18)19/h2-7,9-10,16H,8H2,1H3. The minimum atomic E-state index is -0.403. The van der Waals surface area contributed by atoms with Gasteiger partial charge < -0.3 is 5.32 Å². The van der Waals surface area contributed by atoms with Crippen molar-refractivity contribution in [2.75, 3.05) is 0 Å². The van der Waals surface area contributed by atoms with Crippen molar-refractivity contribution in [2.45, 2.75) is 19.5 Å². The van der Waals surface area contributed by atoms with Crippen LogP contribution in [0, 0.1) is 10.1 Å². The number of aromatic nitrogens is 2. The fourth-order valence-corrected chi connectivity index (χ4v) is 1.65. The van der Waals surface area contributed by atoms with E-state index in [4.69, 9.17) is 0 Å². The Morgan fingerprint density at radius 2 is 2.05 bits per heavy atom. The van der Waals surface area contributed by atoms with Crippen molar-refractivity contribution >= 4 is 5.69 Å². The number of nitrogens with one attached hydrogen (secondary N) is 1. The van der Waals surface area contributed by atoms with Gasteiger partial charge in [-0.1, -0.05) is 12.1 Å². The molecule has 1 heterocycles. The van der Waals surface area contributed by atoms with E-state index in [1.54, 1.807) is 30.7 Å². The first kappa shape index (κ1) is 13.1. The molecule has 0 amide bonds. The molecule has 98 valence electrons. The van der Waals surface area contributed by atoms with Crippen LogP contribution in [0.2, 0.25) is 0 Å². The quantitative estimate of drug-likeness (QED) is 0.657. The van der Waals surface area contributed by atoms with Crippen LogP contribution in [-0.4, -0.2) is 14.9 Å². The van der Waals surface area contributed by atoms with Crippen molar-refractivity contribution in [3.05, 3.63) is 64.2 Å². The van der Waals surface area contributed by atoms with Gasteiger partial charge in [0.1, 0.15) is 0 Å². The molecule has 0 aliphatic heterocycles. The van der Waals surface area contributed by atoms with E-state index in [1.807, 2.05) is 6.92 Å². The summed E-state index contributed by atoms with van der Waals surface area (Å²) in [6.45, 7) is 2.62. The first-order valence-electron chi connectivity index (χ1n) is 5.89. The van der Waals surface area contributed by atoms with Crippen molar-refractivity contribution in [3.8, 4) is 0 Å². The molecule has 1 unspecified atom stereocenters. The smallest absolute Gasteiger partial charge is 0.269 e. The number of benzene rings is 1. The molecule has 1 aromatic heterocycles. The average Bonchev–Trinajstić information content (AvgIpc) is 2.46. The van der Waals surface area contributed by atoms with Gasteiger partial charge in [-0.2, -0.15) is 0 Å². The highest BCUT2D eigenvalue weighted by Gasteiger charge is 2.07. The number of hydrogen-bond donors (Lipinski definition) is 1. The summed E-state index contributed by atoms with van der Waals surface area (Å²) in [5.74, 6) is 0. The first-order chi connectivity index (χ1) is 9.16. The molecule has 2 aromatic rings. The Bertz CT molecular complexity index is 542. The Kier molecular flexibility index (Phi) is 4.15. The summed E-state index contributed by atoms with van der Waals surface area (Å²) >= 11 is 0. The molecule has 0 bridgehead atoms. The third kappa shape index (κ3) is 3.56. The Hall–Kier alpha value is -2.34. The van der Waals surface area contributed by atoms with E-state index in [-0.39, 0.29) is 11.7 Å². The van der Waals surface area contributed by atoms with E-state index in [2.05, 4.69) is 15.3 Å². The van der Waals surface area contributed by atoms with Crippen LogP contribution in [0.4, 0.5) is 5.69 Å². The number of nitrogens with zero attached hydrogens (tertiary/aromatic N) is 3. The van der Waals surface area contributed by atoms with Gasteiger partial charge in [0.25, 0.3) is 5.69 Å². The van der Waals surface area contributed by atoms with E-state index >= 15 is 0 Å². The van der Waals surface area contributed by atoms with Crippen LogP contribution >= 0.6 is 0 Å². The van der Waals surface area contributed by atoms with Gasteiger partial charge in [-0.3, -0.25) is 20.1 Å². The lowest BCUT2D eigenvalue weighted by atomic mass is 10.2. The lowest BCUT2D eigenvalue weighted by Gasteiger charge is -2.12. The highest BCUT2D eigenvalue weighted by Crippen LogP contribution is 2.13. The Balaban J connectivity index is 1.93. The summed E-state index contributed by atoms with van der Waals surface area (Å²) in [7, 11) is 0. The summed E-state index contributed by atoms with van der Waals surface area (Å²) in [5, 5.41) is 13.8. The summed E-state index contributed by atoms with van der Waals surface area (Å²) in [6, 6.07) is 6.57. The molecular weight excluding hydrogens is 244 g/mol. The second-order valence-corrected chi connectivity index (χ2v) is 4.16. The molecule has 0 saturated carbocycles. The van der Waals surface area contributed by atoms with Crippen LogP contribution in [0.5, 0.6) is 0 Å². The molecule has 0 saturated heterocycles. The molecule has 0 aliphatic carbocycles. The predicted octanol–water partition coefficient (Wildman–Crippen LogP) is 2.24. The molecule has 1 aromatic carbocycles. The molecule has 6 heteroatoms. The van der Waals surface area contributed by atoms with Crippen molar-refractivity contribution in [3.63, 3.8) is 0 Å². The molecule has 1 N–H and O–H groups in total. The molecular formula is C13H14N4O2. The average molecular weight is 258 g/mol. The largest absolute Gasteiger partial charge is 0.305 e. The third-order valence-corrected chi connectivity index (χ3v) is 2.79. The highest BCUT2D eigenvalue weighted by atomic mass is 16.6. The van der Waals surface area contributed by atoms with E-state index in [1.165, 1.54) is 12.1 Å². The molecule has 2 rings (SSSR count). The number of non-ortho nitro benzene ring substituents is 1. The van der Waals surface area contributed by atoms with Gasteiger partial charge in [-0.15, -0.1) is 0 Å². The van der Waals surface area contributed by atoms with Gasteiger partial charge in [-0.05, 0) is 12.5 Å². The van der Waals surface area contributed by atoms with Gasteiger partial charge >= 0.3 is 0 Å². The second kappa shape index (κ2) is 6.01. The maximum absolute atomic E-state index is 10.5. The van der Waals surface area contributed by atoms with Crippen molar-refractivity contribution < 1.29 is 4.92 Å². The maximum Gasteiger partial charge on any atom is 0.269 e. The zero-order valence-electron chi connectivity index (χ0n) is 10.5. The van der Waals surface area contributed by atoms with Crippen molar-refractivity contribution in [1.29, 1.82) is 0 Å². The van der Waals surface area contributed by atoms with Crippen LogP contribution in [0.3, 0.4) is 0 Å². The van der Waals surface area contributed by atoms with E-state index in [9.17, 15) is 10.1 Å². The van der Waals surface area contributed by atoms with Gasteiger partial charge in [-0.25, -0.2) is 0 Å². The Morgan fingerprint density at radius 3 is 2.63 bits per heavy atom. The maximum atomic E-state index is 10.5. The lowest BCUT2D eigenvalue weighted by molar-refractivity contribution is -0.384. The highest BCUT2D eigenvalue weighted by molar-refractivity contribution is 5.32. The van der Waals surface area contributed by atoms with Crippen LogP contribution in [0.25, 0.3) is 0 Å². The van der Waals surface area contributed by atoms with E-state index in [0.717, 1.165) is 11.3 Å². The third-order valence-electron chi connectivity index (χ3n) is 2.79. The normalized spacial score (nSPS) is 12.1. The van der Waals surface area contributed by atoms with Gasteiger partial charge in [0.15, 0.2) is 0 Å². The molecule has 0 fully saturated rings. The molecule has 0 spiro atoms. The van der Waals surface area contributed by atoms with Gasteiger partial charge in [0.2, 0.25) is 0 Å². The second-order valence-electron chi connectivity index (χ2n) is 4.16. The summed E-state index contributed by atoms with van der Waals surface area (Å²) < 4.78 is 0. The number of nitro groups is 1. The summed E-state index contributed by atoms with van der Waals surface area (Å²) in [6.07, 6.45) is 5.00. The molecule has 6 nitrogen and oxygen atoms in total. The minimum Gasteiger partial charge on any atom is -0.305 e. The van der Waals surface area contributed by atoms with Gasteiger partial charge in [0, 0.05) is 43.3 Å². The zero-order valence-corrected chi connectivity index (χ0v) is 10.5. The summed E-state index contributed by atoms with van der Waals surface area (Å²) in [4.78, 5) is 18.4. The topological polar surface area (TPSA) is 81.0 Å². The van der Waals surface area contributed by atoms with Crippen LogP contribution < -0.4 is 5.32 Å². The zero-order chi connectivity index (χ0) is 13.7. The fraction of sp³-hybridized carbons (Fsp3) is 0.231. The van der Waals surface area contributed by atoms with Crippen molar-refractivity contribution in [1.82, 2.24) is 15.3 Å². The molecule has 0 radical (unpaired) electrons.